The Morgan fingerprint density at radius 3 is 2.52 bits per heavy atom. The number of benzene rings is 1. The Morgan fingerprint density at radius 2 is 1.94 bits per heavy atom. The number of aliphatic carboxylic acids is 1. The van der Waals surface area contributed by atoms with Gasteiger partial charge in [-0.2, -0.15) is 13.2 Å². The molecule has 164 valence electrons. The molecule has 2 aliphatic carbocycles. The summed E-state index contributed by atoms with van der Waals surface area (Å²) in [6.07, 6.45) is -0.780. The number of carboxylic acids is 1. The number of ketones is 1. The van der Waals surface area contributed by atoms with E-state index in [0.717, 1.165) is 25.0 Å². The van der Waals surface area contributed by atoms with Gasteiger partial charge in [-0.15, -0.1) is 0 Å². The first-order chi connectivity index (χ1) is 14.7. The highest BCUT2D eigenvalue weighted by Crippen LogP contribution is 2.43. The molecule has 2 aliphatic rings. The first-order valence-electron chi connectivity index (χ1n) is 9.95. The van der Waals surface area contributed by atoms with Gasteiger partial charge in [0.05, 0.1) is 30.5 Å². The minimum atomic E-state index is -4.46. The molecule has 0 unspecified atom stereocenters. The second-order valence-electron chi connectivity index (χ2n) is 8.00. The molecule has 0 saturated heterocycles. The number of carboxylic acid groups (broad SMARTS) is 1. The van der Waals surface area contributed by atoms with Crippen LogP contribution >= 0.6 is 0 Å². The van der Waals surface area contributed by atoms with E-state index in [9.17, 15) is 22.8 Å². The highest BCUT2D eigenvalue weighted by atomic mass is 19.4. The number of carbonyl (C=O) groups excluding carboxylic acids is 1. The van der Waals surface area contributed by atoms with Crippen molar-refractivity contribution in [3.8, 4) is 5.75 Å². The van der Waals surface area contributed by atoms with Crippen LogP contribution in [0.3, 0.4) is 0 Å². The summed E-state index contributed by atoms with van der Waals surface area (Å²) >= 11 is 0. The predicted molar refractivity (Wildman–Crippen MR) is 106 cm³/mol. The molecular formula is C22H21F3N2O4. The number of alkyl halides is 3. The molecule has 4 rings (SSSR count). The number of Topliss-reactive ketones (excluding diaryl/α,β-unsaturated/α-hetero) is 1. The van der Waals surface area contributed by atoms with E-state index in [2.05, 4.69) is 4.98 Å². The molecule has 2 fully saturated rings. The van der Waals surface area contributed by atoms with Gasteiger partial charge in [0.25, 0.3) is 0 Å². The zero-order valence-electron chi connectivity index (χ0n) is 16.7. The van der Waals surface area contributed by atoms with Crippen molar-refractivity contribution in [1.82, 2.24) is 4.98 Å². The predicted octanol–water partition coefficient (Wildman–Crippen LogP) is 4.56. The number of halogens is 3. The van der Waals surface area contributed by atoms with E-state index in [1.807, 2.05) is 0 Å². The van der Waals surface area contributed by atoms with Crippen LogP contribution in [0, 0.1) is 17.8 Å². The van der Waals surface area contributed by atoms with E-state index in [1.54, 1.807) is 17.0 Å². The summed E-state index contributed by atoms with van der Waals surface area (Å²) in [7, 11) is 1.37. The number of anilines is 2. The van der Waals surface area contributed by atoms with Gasteiger partial charge in [-0.3, -0.25) is 9.59 Å². The van der Waals surface area contributed by atoms with E-state index in [0.29, 0.717) is 23.8 Å². The van der Waals surface area contributed by atoms with Crippen LogP contribution in [0.25, 0.3) is 0 Å². The van der Waals surface area contributed by atoms with Gasteiger partial charge in [0.1, 0.15) is 11.4 Å². The number of pyridine rings is 1. The van der Waals surface area contributed by atoms with Crippen molar-refractivity contribution in [2.24, 2.45) is 17.8 Å². The largest absolute Gasteiger partial charge is 0.494 e. The zero-order chi connectivity index (χ0) is 22.3. The average molecular weight is 434 g/mol. The lowest BCUT2D eigenvalue weighted by molar-refractivity contribution is -0.139. The fraction of sp³-hybridized carbons (Fsp3) is 0.409. The first kappa shape index (κ1) is 21.1. The van der Waals surface area contributed by atoms with E-state index in [1.165, 1.54) is 19.4 Å². The highest BCUT2D eigenvalue weighted by Gasteiger charge is 2.49. The number of rotatable bonds is 8. The standard InChI is InChI=1S/C22H21F3N2O4/c1-31-18-8-15(10-26-19(18)20(28)16-9-17(16)21(29)30)27(11-12-5-6-12)14-4-2-3-13(7-14)22(23,24)25/h2-4,7-8,10,12,16-17H,5-6,9,11H2,1H3,(H,29,30)/t16-,17-/m0/s1. The minimum Gasteiger partial charge on any atom is -0.494 e. The van der Waals surface area contributed by atoms with Crippen LogP contribution < -0.4 is 9.64 Å². The van der Waals surface area contributed by atoms with Crippen molar-refractivity contribution in [2.75, 3.05) is 18.6 Å². The molecule has 1 aromatic heterocycles. The first-order valence-corrected chi connectivity index (χ1v) is 9.95. The second kappa shape index (κ2) is 7.86. The number of hydrogen-bond donors (Lipinski definition) is 1. The fourth-order valence-corrected chi connectivity index (χ4v) is 3.62. The lowest BCUT2D eigenvalue weighted by Crippen LogP contribution is -2.21. The molecule has 1 aromatic carbocycles. The van der Waals surface area contributed by atoms with Crippen LogP contribution in [0.2, 0.25) is 0 Å². The number of ether oxygens (including phenoxy) is 1. The van der Waals surface area contributed by atoms with Crippen molar-refractivity contribution >= 4 is 23.1 Å². The van der Waals surface area contributed by atoms with Crippen LogP contribution in [0.5, 0.6) is 5.75 Å². The quantitative estimate of drug-likeness (QED) is 0.614. The molecule has 1 heterocycles. The van der Waals surface area contributed by atoms with Gasteiger partial charge in [0.15, 0.2) is 5.78 Å². The molecule has 0 amide bonds. The Balaban J connectivity index is 1.67. The third-order valence-corrected chi connectivity index (χ3v) is 5.67. The van der Waals surface area contributed by atoms with Crippen LogP contribution in [0.15, 0.2) is 36.5 Å². The minimum absolute atomic E-state index is 0.0374. The lowest BCUT2D eigenvalue weighted by atomic mass is 10.1. The third kappa shape index (κ3) is 4.50. The summed E-state index contributed by atoms with van der Waals surface area (Å²) < 4.78 is 45.0. The molecule has 2 atom stereocenters. The average Bonchev–Trinajstić information content (AvgIpc) is 3.64. The molecule has 0 spiro atoms. The monoisotopic (exact) mass is 434 g/mol. The Kier molecular flexibility index (Phi) is 5.36. The molecule has 9 heteroatoms. The van der Waals surface area contributed by atoms with Crippen molar-refractivity contribution in [2.45, 2.75) is 25.4 Å². The molecule has 6 nitrogen and oxygen atoms in total. The summed E-state index contributed by atoms with van der Waals surface area (Å²) in [5.41, 5.74) is 0.171. The van der Waals surface area contributed by atoms with Crippen LogP contribution in [0.4, 0.5) is 24.5 Å². The fourth-order valence-electron chi connectivity index (χ4n) is 3.62. The molecule has 0 aliphatic heterocycles. The molecule has 31 heavy (non-hydrogen) atoms. The number of methoxy groups -OCH3 is 1. The molecule has 0 radical (unpaired) electrons. The van der Waals surface area contributed by atoms with Gasteiger partial charge in [-0.1, -0.05) is 6.07 Å². The van der Waals surface area contributed by atoms with E-state index >= 15 is 0 Å². The van der Waals surface area contributed by atoms with Gasteiger partial charge in [0.2, 0.25) is 0 Å². The number of aromatic nitrogens is 1. The van der Waals surface area contributed by atoms with E-state index < -0.39 is 35.3 Å². The summed E-state index contributed by atoms with van der Waals surface area (Å²) in [4.78, 5) is 29.7. The van der Waals surface area contributed by atoms with Gasteiger partial charge < -0.3 is 14.7 Å². The van der Waals surface area contributed by atoms with Crippen LogP contribution in [-0.4, -0.2) is 35.5 Å². The Hall–Kier alpha value is -3.10. The maximum atomic E-state index is 13.2. The third-order valence-electron chi connectivity index (χ3n) is 5.67. The molecule has 2 aromatic rings. The topological polar surface area (TPSA) is 79.7 Å². The molecule has 1 N–H and O–H groups in total. The van der Waals surface area contributed by atoms with Gasteiger partial charge in [0, 0.05) is 24.2 Å². The summed E-state index contributed by atoms with van der Waals surface area (Å²) in [5.74, 6) is -2.22. The normalized spacial score (nSPS) is 20.3. The molecule has 2 saturated carbocycles. The van der Waals surface area contributed by atoms with Crippen molar-refractivity contribution in [3.63, 3.8) is 0 Å². The number of carbonyl (C=O) groups is 2. The SMILES string of the molecule is COc1cc(N(CC2CC2)c2cccc(C(F)(F)F)c2)cnc1C(=O)[C@H]1C[C@@H]1C(=O)O. The molecule has 0 bridgehead atoms. The van der Waals surface area contributed by atoms with E-state index in [-0.39, 0.29) is 17.9 Å². The summed E-state index contributed by atoms with van der Waals surface area (Å²) in [6, 6.07) is 6.65. The lowest BCUT2D eigenvalue weighted by Gasteiger charge is -2.26. The highest BCUT2D eigenvalue weighted by molar-refractivity contribution is 6.03. The smallest absolute Gasteiger partial charge is 0.416 e. The Labute approximate surface area is 176 Å². The van der Waals surface area contributed by atoms with Crippen LogP contribution in [0.1, 0.15) is 35.3 Å². The zero-order valence-corrected chi connectivity index (χ0v) is 16.7. The van der Waals surface area contributed by atoms with Gasteiger partial charge in [-0.25, -0.2) is 4.98 Å². The van der Waals surface area contributed by atoms with Crippen LogP contribution in [-0.2, 0) is 11.0 Å². The van der Waals surface area contributed by atoms with E-state index in [4.69, 9.17) is 9.84 Å². The maximum Gasteiger partial charge on any atom is 0.416 e. The maximum absolute atomic E-state index is 13.2. The number of hydrogen-bond acceptors (Lipinski definition) is 5. The van der Waals surface area contributed by atoms with Crippen molar-refractivity contribution < 1.29 is 32.6 Å². The Morgan fingerprint density at radius 1 is 1.19 bits per heavy atom. The summed E-state index contributed by atoms with van der Waals surface area (Å²) in [6.45, 7) is 0.517. The van der Waals surface area contributed by atoms with Gasteiger partial charge in [-0.05, 0) is 43.4 Å². The number of nitrogens with zero attached hydrogens (tertiary/aromatic N) is 2. The Bertz CT molecular complexity index is 1020. The molecular weight excluding hydrogens is 413 g/mol. The van der Waals surface area contributed by atoms with Crippen molar-refractivity contribution in [1.29, 1.82) is 0 Å². The van der Waals surface area contributed by atoms with Gasteiger partial charge >= 0.3 is 12.1 Å². The summed E-state index contributed by atoms with van der Waals surface area (Å²) in [5, 5.41) is 9.07. The second-order valence-corrected chi connectivity index (χ2v) is 8.00. The van der Waals surface area contributed by atoms with Crippen molar-refractivity contribution in [3.05, 3.63) is 47.8 Å².